The van der Waals surface area contributed by atoms with Crippen LogP contribution in [0.4, 0.5) is 11.4 Å². The van der Waals surface area contributed by atoms with Crippen LogP contribution >= 0.6 is 11.6 Å². The molecule has 3 rings (SSSR count). The SMILES string of the molecule is Cc1ccc(C(C)C)c(OCC(=O)Nc2ccc(NC(=O)c3ccco3)c(Cl)c2)c1. The first-order valence-electron chi connectivity index (χ1n) is 9.51. The van der Waals surface area contributed by atoms with Crippen molar-refractivity contribution in [3.05, 3.63) is 76.7 Å². The second-order valence-corrected chi connectivity index (χ2v) is 7.57. The highest BCUT2D eigenvalue weighted by atomic mass is 35.5. The van der Waals surface area contributed by atoms with Crippen LogP contribution in [0.1, 0.15) is 41.4 Å². The first-order valence-corrected chi connectivity index (χ1v) is 9.89. The molecule has 0 spiro atoms. The summed E-state index contributed by atoms with van der Waals surface area (Å²) < 4.78 is 10.8. The standard InChI is InChI=1S/C23H23ClN2O4/c1-14(2)17-8-6-15(3)11-21(17)30-13-22(27)25-16-7-9-19(18(24)12-16)26-23(28)20-5-4-10-29-20/h4-12,14H,13H2,1-3H3,(H,25,27)(H,26,28). The molecular formula is C23H23ClN2O4. The summed E-state index contributed by atoms with van der Waals surface area (Å²) in [6.07, 6.45) is 1.41. The maximum atomic E-state index is 12.3. The van der Waals surface area contributed by atoms with Gasteiger partial charge >= 0.3 is 0 Å². The average molecular weight is 427 g/mol. The summed E-state index contributed by atoms with van der Waals surface area (Å²) in [5, 5.41) is 5.69. The topological polar surface area (TPSA) is 80.6 Å². The van der Waals surface area contributed by atoms with Gasteiger partial charge in [0.2, 0.25) is 0 Å². The Balaban J connectivity index is 1.60. The number of hydrogen-bond donors (Lipinski definition) is 2. The summed E-state index contributed by atoms with van der Waals surface area (Å²) >= 11 is 6.24. The van der Waals surface area contributed by atoms with Crippen molar-refractivity contribution >= 4 is 34.8 Å². The number of benzene rings is 2. The van der Waals surface area contributed by atoms with Crippen molar-refractivity contribution in [2.24, 2.45) is 0 Å². The number of anilines is 2. The van der Waals surface area contributed by atoms with Crippen LogP contribution in [0.3, 0.4) is 0 Å². The van der Waals surface area contributed by atoms with Crippen molar-refractivity contribution in [3.63, 3.8) is 0 Å². The van der Waals surface area contributed by atoms with Crippen LogP contribution in [-0.4, -0.2) is 18.4 Å². The molecule has 2 N–H and O–H groups in total. The highest BCUT2D eigenvalue weighted by molar-refractivity contribution is 6.34. The first kappa shape index (κ1) is 21.5. The molecule has 0 aliphatic rings. The fourth-order valence-electron chi connectivity index (χ4n) is 2.87. The molecule has 2 aromatic carbocycles. The Hall–Kier alpha value is -3.25. The monoisotopic (exact) mass is 426 g/mol. The molecule has 156 valence electrons. The number of ether oxygens (including phenoxy) is 1. The number of aryl methyl sites for hydroxylation is 1. The summed E-state index contributed by atoms with van der Waals surface area (Å²) in [4.78, 5) is 24.4. The number of rotatable bonds is 7. The van der Waals surface area contributed by atoms with Crippen LogP contribution < -0.4 is 15.4 Å². The maximum Gasteiger partial charge on any atom is 0.291 e. The summed E-state index contributed by atoms with van der Waals surface area (Å²) in [6, 6.07) is 14.0. The molecule has 0 bridgehead atoms. The van der Waals surface area contributed by atoms with Gasteiger partial charge in [-0.3, -0.25) is 9.59 Å². The third kappa shape index (κ3) is 5.42. The largest absolute Gasteiger partial charge is 0.483 e. The van der Waals surface area contributed by atoms with Crippen molar-refractivity contribution in [1.29, 1.82) is 0 Å². The van der Waals surface area contributed by atoms with Gasteiger partial charge in [-0.25, -0.2) is 0 Å². The molecule has 6 nitrogen and oxygen atoms in total. The smallest absolute Gasteiger partial charge is 0.291 e. The first-order chi connectivity index (χ1) is 14.3. The van der Waals surface area contributed by atoms with E-state index in [-0.39, 0.29) is 29.2 Å². The van der Waals surface area contributed by atoms with E-state index in [0.717, 1.165) is 11.1 Å². The molecule has 0 unspecified atom stereocenters. The molecule has 30 heavy (non-hydrogen) atoms. The van der Waals surface area contributed by atoms with Gasteiger partial charge in [0.05, 0.1) is 17.0 Å². The van der Waals surface area contributed by atoms with Crippen LogP contribution in [0.5, 0.6) is 5.75 Å². The lowest BCUT2D eigenvalue weighted by Crippen LogP contribution is -2.20. The summed E-state index contributed by atoms with van der Waals surface area (Å²) in [5.41, 5.74) is 3.02. The Labute approximate surface area is 180 Å². The van der Waals surface area contributed by atoms with Gasteiger partial charge in [-0.1, -0.05) is 37.6 Å². The van der Waals surface area contributed by atoms with E-state index in [2.05, 4.69) is 24.5 Å². The van der Waals surface area contributed by atoms with Crippen LogP contribution in [0, 0.1) is 6.92 Å². The van der Waals surface area contributed by atoms with E-state index >= 15 is 0 Å². The van der Waals surface area contributed by atoms with Crippen LogP contribution in [-0.2, 0) is 4.79 Å². The Bertz CT molecular complexity index is 1050. The number of carbonyl (C=O) groups is 2. The Morgan fingerprint density at radius 1 is 1.10 bits per heavy atom. The number of furan rings is 1. The minimum absolute atomic E-state index is 0.127. The van der Waals surface area contributed by atoms with Crippen molar-refractivity contribution in [1.82, 2.24) is 0 Å². The summed E-state index contributed by atoms with van der Waals surface area (Å²) in [6.45, 7) is 6.00. The Morgan fingerprint density at radius 3 is 2.57 bits per heavy atom. The van der Waals surface area contributed by atoms with Crippen molar-refractivity contribution < 1.29 is 18.7 Å². The van der Waals surface area contributed by atoms with E-state index in [9.17, 15) is 9.59 Å². The van der Waals surface area contributed by atoms with Crippen molar-refractivity contribution in [2.45, 2.75) is 26.7 Å². The average Bonchev–Trinajstić information content (AvgIpc) is 3.23. The second kappa shape index (κ2) is 9.50. The predicted octanol–water partition coefficient (Wildman–Crippen LogP) is 5.63. The van der Waals surface area contributed by atoms with Crippen molar-refractivity contribution in [2.75, 3.05) is 17.2 Å². The quantitative estimate of drug-likeness (QED) is 0.512. The molecule has 1 heterocycles. The molecular weight excluding hydrogens is 404 g/mol. The molecule has 0 saturated heterocycles. The number of hydrogen-bond acceptors (Lipinski definition) is 4. The minimum atomic E-state index is -0.411. The molecule has 0 fully saturated rings. The molecule has 0 saturated carbocycles. The van der Waals surface area contributed by atoms with Gasteiger partial charge in [0.25, 0.3) is 11.8 Å². The zero-order chi connectivity index (χ0) is 21.7. The predicted molar refractivity (Wildman–Crippen MR) is 118 cm³/mol. The third-order valence-corrected chi connectivity index (χ3v) is 4.71. The maximum absolute atomic E-state index is 12.3. The van der Waals surface area contributed by atoms with Crippen LogP contribution in [0.2, 0.25) is 5.02 Å². The molecule has 0 aliphatic carbocycles. The third-order valence-electron chi connectivity index (χ3n) is 4.40. The number of amides is 2. The second-order valence-electron chi connectivity index (χ2n) is 7.16. The fraction of sp³-hybridized carbons (Fsp3) is 0.217. The van der Waals surface area contributed by atoms with Gasteiger partial charge in [0.1, 0.15) is 5.75 Å². The highest BCUT2D eigenvalue weighted by Crippen LogP contribution is 2.28. The van der Waals surface area contributed by atoms with Gasteiger partial charge in [-0.15, -0.1) is 0 Å². The van der Waals surface area contributed by atoms with Crippen LogP contribution in [0.25, 0.3) is 0 Å². The van der Waals surface area contributed by atoms with Gasteiger partial charge < -0.3 is 19.8 Å². The molecule has 2 amide bonds. The molecule has 0 radical (unpaired) electrons. The van der Waals surface area contributed by atoms with Crippen molar-refractivity contribution in [3.8, 4) is 5.75 Å². The van der Waals surface area contributed by atoms with E-state index in [0.29, 0.717) is 17.1 Å². The Morgan fingerprint density at radius 2 is 1.90 bits per heavy atom. The lowest BCUT2D eigenvalue weighted by atomic mass is 10.0. The van der Waals surface area contributed by atoms with E-state index < -0.39 is 5.91 Å². The zero-order valence-corrected chi connectivity index (χ0v) is 17.7. The van der Waals surface area contributed by atoms with E-state index in [1.54, 1.807) is 30.3 Å². The molecule has 7 heteroatoms. The number of nitrogens with one attached hydrogen (secondary N) is 2. The molecule has 0 aliphatic heterocycles. The number of carbonyl (C=O) groups excluding carboxylic acids is 2. The summed E-state index contributed by atoms with van der Waals surface area (Å²) in [5.74, 6) is 0.443. The van der Waals surface area contributed by atoms with Gasteiger partial charge in [0.15, 0.2) is 12.4 Å². The summed E-state index contributed by atoms with van der Waals surface area (Å²) in [7, 11) is 0. The lowest BCUT2D eigenvalue weighted by molar-refractivity contribution is -0.118. The fourth-order valence-corrected chi connectivity index (χ4v) is 3.10. The van der Waals surface area contributed by atoms with E-state index in [4.69, 9.17) is 20.8 Å². The minimum Gasteiger partial charge on any atom is -0.483 e. The molecule has 1 aromatic heterocycles. The van der Waals surface area contributed by atoms with E-state index in [1.165, 1.54) is 6.26 Å². The zero-order valence-electron chi connectivity index (χ0n) is 17.0. The van der Waals surface area contributed by atoms with Gasteiger partial charge in [-0.2, -0.15) is 0 Å². The lowest BCUT2D eigenvalue weighted by Gasteiger charge is -2.15. The Kier molecular flexibility index (Phi) is 6.79. The molecule has 0 atom stereocenters. The highest BCUT2D eigenvalue weighted by Gasteiger charge is 2.13. The normalized spacial score (nSPS) is 10.7. The van der Waals surface area contributed by atoms with Crippen LogP contribution in [0.15, 0.2) is 59.2 Å². The van der Waals surface area contributed by atoms with Gasteiger partial charge in [0, 0.05) is 5.69 Å². The van der Waals surface area contributed by atoms with E-state index in [1.807, 2.05) is 25.1 Å². The number of halogens is 1. The van der Waals surface area contributed by atoms with Gasteiger partial charge in [-0.05, 0) is 60.4 Å². The molecule has 3 aromatic rings.